The van der Waals surface area contributed by atoms with E-state index in [1.54, 1.807) is 0 Å². The third kappa shape index (κ3) is 6.39. The Bertz CT molecular complexity index is 584. The number of hydrogen-bond donors (Lipinski definition) is 0. The Balaban J connectivity index is 1.80. The molecule has 0 radical (unpaired) electrons. The van der Waals surface area contributed by atoms with Crippen molar-refractivity contribution in [1.82, 2.24) is 10.1 Å². The second-order valence-electron chi connectivity index (χ2n) is 6.04. The maximum atomic E-state index is 5.20. The first-order valence-corrected chi connectivity index (χ1v) is 8.91. The molecule has 3 heteroatoms. The fourth-order valence-electron chi connectivity index (χ4n) is 2.56. The lowest BCUT2D eigenvalue weighted by Gasteiger charge is -2.02. The molecule has 0 saturated heterocycles. The minimum absolute atomic E-state index is 0.577. The van der Waals surface area contributed by atoms with E-state index in [4.69, 9.17) is 4.52 Å². The Morgan fingerprint density at radius 2 is 1.65 bits per heavy atom. The standard InChI is InChI=1S/C20H28N2O/c1-3-5-6-7-8-10-17-11-13-18(14-12-17)15-16-20-21-19(9-4-2)22-23-20/h11-16H,3-10H2,1-2H3/b16-15+. The molecule has 0 saturated carbocycles. The molecule has 0 atom stereocenters. The number of nitrogens with zero attached hydrogens (tertiary/aromatic N) is 2. The largest absolute Gasteiger partial charge is 0.335 e. The topological polar surface area (TPSA) is 38.9 Å². The molecule has 0 bridgehead atoms. The first-order chi connectivity index (χ1) is 11.3. The molecule has 0 aliphatic rings. The molecule has 124 valence electrons. The highest BCUT2D eigenvalue weighted by Gasteiger charge is 2.01. The number of aromatic nitrogens is 2. The van der Waals surface area contributed by atoms with Gasteiger partial charge in [-0.25, -0.2) is 0 Å². The molecule has 1 heterocycles. The summed E-state index contributed by atoms with van der Waals surface area (Å²) in [6.07, 6.45) is 13.6. The van der Waals surface area contributed by atoms with Crippen LogP contribution in [0.5, 0.6) is 0 Å². The molecular weight excluding hydrogens is 284 g/mol. The summed E-state index contributed by atoms with van der Waals surface area (Å²) < 4.78 is 5.20. The van der Waals surface area contributed by atoms with Crippen LogP contribution in [-0.4, -0.2) is 10.1 Å². The summed E-state index contributed by atoms with van der Waals surface area (Å²) in [5, 5.41) is 3.95. The normalized spacial score (nSPS) is 11.4. The van der Waals surface area contributed by atoms with Crippen LogP contribution in [0.25, 0.3) is 12.2 Å². The zero-order valence-electron chi connectivity index (χ0n) is 14.4. The van der Waals surface area contributed by atoms with Gasteiger partial charge in [0.25, 0.3) is 5.89 Å². The number of hydrogen-bond acceptors (Lipinski definition) is 3. The van der Waals surface area contributed by atoms with Crippen LogP contribution in [0, 0.1) is 0 Å². The van der Waals surface area contributed by atoms with Crippen LogP contribution in [0.4, 0.5) is 0 Å². The number of rotatable bonds is 10. The van der Waals surface area contributed by atoms with E-state index in [1.807, 2.05) is 12.2 Å². The van der Waals surface area contributed by atoms with E-state index in [0.29, 0.717) is 5.89 Å². The van der Waals surface area contributed by atoms with Gasteiger partial charge in [-0.15, -0.1) is 0 Å². The first kappa shape index (κ1) is 17.5. The van der Waals surface area contributed by atoms with E-state index in [0.717, 1.165) is 24.2 Å². The van der Waals surface area contributed by atoms with Crippen LogP contribution in [0.2, 0.25) is 0 Å². The smallest absolute Gasteiger partial charge is 0.250 e. The van der Waals surface area contributed by atoms with Crippen LogP contribution in [0.1, 0.15) is 75.2 Å². The van der Waals surface area contributed by atoms with Gasteiger partial charge in [-0.1, -0.05) is 69.0 Å². The molecule has 1 aromatic heterocycles. The monoisotopic (exact) mass is 312 g/mol. The van der Waals surface area contributed by atoms with Crippen molar-refractivity contribution >= 4 is 12.2 Å². The van der Waals surface area contributed by atoms with Crippen LogP contribution in [0.15, 0.2) is 28.8 Å². The summed E-state index contributed by atoms with van der Waals surface area (Å²) in [6.45, 7) is 4.36. The van der Waals surface area contributed by atoms with Gasteiger partial charge in [-0.2, -0.15) is 4.98 Å². The van der Waals surface area contributed by atoms with Gasteiger partial charge in [0.05, 0.1) is 0 Å². The number of aryl methyl sites for hydroxylation is 2. The third-order valence-corrected chi connectivity index (χ3v) is 3.92. The highest BCUT2D eigenvalue weighted by Crippen LogP contribution is 2.12. The van der Waals surface area contributed by atoms with Crippen LogP contribution >= 0.6 is 0 Å². The van der Waals surface area contributed by atoms with E-state index in [-0.39, 0.29) is 0 Å². The molecule has 3 nitrogen and oxygen atoms in total. The van der Waals surface area contributed by atoms with Gasteiger partial charge in [0.2, 0.25) is 0 Å². The fourth-order valence-corrected chi connectivity index (χ4v) is 2.56. The zero-order valence-corrected chi connectivity index (χ0v) is 14.4. The van der Waals surface area contributed by atoms with Crippen molar-refractivity contribution in [3.8, 4) is 0 Å². The lowest BCUT2D eigenvalue weighted by Crippen LogP contribution is -1.86. The number of unbranched alkanes of at least 4 members (excludes halogenated alkanes) is 4. The summed E-state index contributed by atoms with van der Waals surface area (Å²) in [5.41, 5.74) is 2.58. The van der Waals surface area contributed by atoms with Crippen LogP contribution in [0.3, 0.4) is 0 Å². The summed E-state index contributed by atoms with van der Waals surface area (Å²) in [6, 6.07) is 8.74. The summed E-state index contributed by atoms with van der Waals surface area (Å²) in [7, 11) is 0. The molecule has 0 amide bonds. The van der Waals surface area contributed by atoms with Gasteiger partial charge in [-0.3, -0.25) is 0 Å². The molecule has 0 aliphatic carbocycles. The molecule has 1 aromatic carbocycles. The average Bonchev–Trinajstić information content (AvgIpc) is 3.02. The van der Waals surface area contributed by atoms with Crippen LogP contribution in [-0.2, 0) is 12.8 Å². The molecule has 23 heavy (non-hydrogen) atoms. The quantitative estimate of drug-likeness (QED) is 0.528. The van der Waals surface area contributed by atoms with Gasteiger partial charge >= 0.3 is 0 Å². The molecule has 0 N–H and O–H groups in total. The average molecular weight is 312 g/mol. The molecule has 2 rings (SSSR count). The Morgan fingerprint density at radius 3 is 2.39 bits per heavy atom. The zero-order chi connectivity index (χ0) is 16.3. The van der Waals surface area contributed by atoms with E-state index >= 15 is 0 Å². The van der Waals surface area contributed by atoms with Gasteiger partial charge in [0.15, 0.2) is 5.82 Å². The first-order valence-electron chi connectivity index (χ1n) is 8.91. The summed E-state index contributed by atoms with van der Waals surface area (Å²) >= 11 is 0. The molecular formula is C20H28N2O. The molecule has 0 spiro atoms. The van der Waals surface area contributed by atoms with E-state index < -0.39 is 0 Å². The van der Waals surface area contributed by atoms with Gasteiger partial charge < -0.3 is 4.52 Å². The summed E-state index contributed by atoms with van der Waals surface area (Å²) in [5.74, 6) is 1.36. The Hall–Kier alpha value is -1.90. The predicted molar refractivity (Wildman–Crippen MR) is 96.1 cm³/mol. The highest BCUT2D eigenvalue weighted by atomic mass is 16.5. The molecule has 0 aliphatic heterocycles. The molecule has 0 fully saturated rings. The van der Waals surface area contributed by atoms with E-state index in [2.05, 4.69) is 48.3 Å². The van der Waals surface area contributed by atoms with E-state index in [9.17, 15) is 0 Å². The van der Waals surface area contributed by atoms with Crippen molar-refractivity contribution in [2.24, 2.45) is 0 Å². The highest BCUT2D eigenvalue weighted by molar-refractivity contribution is 5.65. The minimum Gasteiger partial charge on any atom is -0.335 e. The summed E-state index contributed by atoms with van der Waals surface area (Å²) in [4.78, 5) is 4.33. The Labute approximate surface area is 139 Å². The minimum atomic E-state index is 0.577. The molecule has 0 unspecified atom stereocenters. The van der Waals surface area contributed by atoms with Crippen molar-refractivity contribution in [2.75, 3.05) is 0 Å². The predicted octanol–water partition coefficient (Wildman–Crippen LogP) is 5.71. The lowest BCUT2D eigenvalue weighted by atomic mass is 10.0. The Morgan fingerprint density at radius 1 is 0.870 bits per heavy atom. The van der Waals surface area contributed by atoms with Crippen molar-refractivity contribution in [1.29, 1.82) is 0 Å². The third-order valence-electron chi connectivity index (χ3n) is 3.92. The van der Waals surface area contributed by atoms with Crippen molar-refractivity contribution in [2.45, 2.75) is 65.2 Å². The van der Waals surface area contributed by atoms with Gasteiger partial charge in [0, 0.05) is 12.5 Å². The number of benzene rings is 1. The SMILES string of the molecule is CCCCCCCc1ccc(/C=C/c2nc(CCC)no2)cc1. The van der Waals surface area contributed by atoms with Gasteiger partial charge in [0.1, 0.15) is 0 Å². The van der Waals surface area contributed by atoms with Crippen molar-refractivity contribution < 1.29 is 4.52 Å². The second kappa shape index (κ2) is 9.98. The maximum absolute atomic E-state index is 5.20. The fraction of sp³-hybridized carbons (Fsp3) is 0.500. The Kier molecular flexibility index (Phi) is 7.58. The van der Waals surface area contributed by atoms with E-state index in [1.165, 1.54) is 44.1 Å². The lowest BCUT2D eigenvalue weighted by molar-refractivity contribution is 0.403. The van der Waals surface area contributed by atoms with Crippen molar-refractivity contribution in [3.05, 3.63) is 47.1 Å². The second-order valence-corrected chi connectivity index (χ2v) is 6.04. The van der Waals surface area contributed by atoms with Crippen LogP contribution < -0.4 is 0 Å². The molecule has 2 aromatic rings. The van der Waals surface area contributed by atoms with Gasteiger partial charge in [-0.05, 0) is 36.5 Å². The van der Waals surface area contributed by atoms with Crippen molar-refractivity contribution in [3.63, 3.8) is 0 Å². The maximum Gasteiger partial charge on any atom is 0.250 e.